The normalized spacial score (nSPS) is 10.2. The molecule has 0 saturated carbocycles. The van der Waals surface area contributed by atoms with Gasteiger partial charge in [-0.3, -0.25) is 4.79 Å². The summed E-state index contributed by atoms with van der Waals surface area (Å²) >= 11 is 0. The third-order valence-electron chi connectivity index (χ3n) is 3.09. The van der Waals surface area contributed by atoms with E-state index in [9.17, 15) is 14.0 Å². The number of amides is 1. The van der Waals surface area contributed by atoms with E-state index >= 15 is 0 Å². The first-order chi connectivity index (χ1) is 9.91. The molecular formula is C15H13FN2O3. The van der Waals surface area contributed by atoms with Gasteiger partial charge in [0, 0.05) is 12.7 Å². The van der Waals surface area contributed by atoms with Gasteiger partial charge in [-0.2, -0.15) is 0 Å². The second kappa shape index (κ2) is 5.62. The molecule has 6 heteroatoms. The molecule has 108 valence electrons. The number of anilines is 2. The highest BCUT2D eigenvalue weighted by atomic mass is 19.1. The van der Waals surface area contributed by atoms with E-state index in [1.807, 2.05) is 0 Å². The summed E-state index contributed by atoms with van der Waals surface area (Å²) in [6, 6.07) is 9.78. The van der Waals surface area contributed by atoms with Crippen molar-refractivity contribution in [2.45, 2.75) is 0 Å². The molecule has 2 aromatic rings. The molecule has 0 aromatic heterocycles. The minimum Gasteiger partial charge on any atom is -0.478 e. The molecule has 0 radical (unpaired) electrons. The van der Waals surface area contributed by atoms with Crippen LogP contribution in [0.1, 0.15) is 20.7 Å². The van der Waals surface area contributed by atoms with E-state index in [2.05, 4.69) is 0 Å². The van der Waals surface area contributed by atoms with Crippen molar-refractivity contribution in [1.29, 1.82) is 0 Å². The van der Waals surface area contributed by atoms with E-state index in [1.54, 1.807) is 0 Å². The van der Waals surface area contributed by atoms with E-state index in [4.69, 9.17) is 10.8 Å². The van der Waals surface area contributed by atoms with Crippen LogP contribution in [-0.4, -0.2) is 24.0 Å². The number of carboxylic acids is 1. The SMILES string of the molecule is CN(C(=O)c1cccc(F)c1N)c1ccc(C(=O)O)cc1. The van der Waals surface area contributed by atoms with Gasteiger partial charge in [0.05, 0.1) is 16.8 Å². The zero-order valence-electron chi connectivity index (χ0n) is 11.2. The summed E-state index contributed by atoms with van der Waals surface area (Å²) in [4.78, 5) is 24.4. The van der Waals surface area contributed by atoms with Crippen LogP contribution in [0.3, 0.4) is 0 Å². The predicted molar refractivity (Wildman–Crippen MR) is 76.9 cm³/mol. The van der Waals surface area contributed by atoms with Crippen LogP contribution in [0.2, 0.25) is 0 Å². The van der Waals surface area contributed by atoms with E-state index in [0.717, 1.165) is 0 Å². The van der Waals surface area contributed by atoms with Gasteiger partial charge in [-0.25, -0.2) is 9.18 Å². The standard InChI is InChI=1S/C15H13FN2O3/c1-18(10-7-5-9(6-8-10)15(20)21)14(19)11-3-2-4-12(16)13(11)17/h2-8H,17H2,1H3,(H,20,21). The fourth-order valence-corrected chi connectivity index (χ4v) is 1.85. The Kier molecular flexibility index (Phi) is 3.89. The average molecular weight is 288 g/mol. The van der Waals surface area contributed by atoms with Crippen LogP contribution in [0.5, 0.6) is 0 Å². The Labute approximate surface area is 120 Å². The summed E-state index contributed by atoms with van der Waals surface area (Å²) in [6.45, 7) is 0. The van der Waals surface area contributed by atoms with Gasteiger partial charge < -0.3 is 15.7 Å². The number of carbonyl (C=O) groups is 2. The molecule has 0 aliphatic carbocycles. The number of benzene rings is 2. The lowest BCUT2D eigenvalue weighted by atomic mass is 10.1. The van der Waals surface area contributed by atoms with Crippen molar-refractivity contribution < 1.29 is 19.1 Å². The predicted octanol–water partition coefficient (Wildman–Crippen LogP) is 2.38. The molecule has 0 heterocycles. The van der Waals surface area contributed by atoms with E-state index in [1.165, 1.54) is 54.4 Å². The molecule has 21 heavy (non-hydrogen) atoms. The number of carbonyl (C=O) groups excluding carboxylic acids is 1. The highest BCUT2D eigenvalue weighted by molar-refractivity contribution is 6.09. The summed E-state index contributed by atoms with van der Waals surface area (Å²) in [6.07, 6.45) is 0. The Balaban J connectivity index is 2.30. The van der Waals surface area contributed by atoms with Crippen molar-refractivity contribution in [2.75, 3.05) is 17.7 Å². The fraction of sp³-hybridized carbons (Fsp3) is 0.0667. The van der Waals surface area contributed by atoms with Crippen LogP contribution in [0.15, 0.2) is 42.5 Å². The zero-order valence-corrected chi connectivity index (χ0v) is 11.2. The molecule has 2 aromatic carbocycles. The number of hydrogen-bond acceptors (Lipinski definition) is 3. The van der Waals surface area contributed by atoms with Gasteiger partial charge in [0.25, 0.3) is 5.91 Å². The number of hydrogen-bond donors (Lipinski definition) is 2. The zero-order chi connectivity index (χ0) is 15.6. The van der Waals surface area contributed by atoms with Gasteiger partial charge in [-0.15, -0.1) is 0 Å². The molecule has 0 saturated heterocycles. The molecule has 0 aliphatic rings. The van der Waals surface area contributed by atoms with Gasteiger partial charge in [0.1, 0.15) is 5.82 Å². The monoisotopic (exact) mass is 288 g/mol. The lowest BCUT2D eigenvalue weighted by molar-refractivity contribution is 0.0696. The van der Waals surface area contributed by atoms with E-state index in [0.29, 0.717) is 5.69 Å². The number of nitrogen functional groups attached to an aromatic ring is 1. The van der Waals surface area contributed by atoms with Crippen LogP contribution in [0.4, 0.5) is 15.8 Å². The summed E-state index contributed by atoms with van der Waals surface area (Å²) < 4.78 is 13.4. The topological polar surface area (TPSA) is 83.6 Å². The summed E-state index contributed by atoms with van der Waals surface area (Å²) in [5.41, 5.74) is 6.00. The second-order valence-electron chi connectivity index (χ2n) is 4.42. The maximum absolute atomic E-state index is 13.4. The Morgan fingerprint density at radius 1 is 1.14 bits per heavy atom. The molecule has 0 unspecified atom stereocenters. The van der Waals surface area contributed by atoms with Gasteiger partial charge in [0.15, 0.2) is 0 Å². The quantitative estimate of drug-likeness (QED) is 0.849. The van der Waals surface area contributed by atoms with Crippen molar-refractivity contribution in [3.8, 4) is 0 Å². The van der Waals surface area contributed by atoms with Crippen molar-refractivity contribution in [1.82, 2.24) is 0 Å². The molecule has 0 atom stereocenters. The van der Waals surface area contributed by atoms with Gasteiger partial charge in [-0.1, -0.05) is 6.07 Å². The minimum atomic E-state index is -1.05. The smallest absolute Gasteiger partial charge is 0.335 e. The molecule has 3 N–H and O–H groups in total. The van der Waals surface area contributed by atoms with Gasteiger partial charge in [0.2, 0.25) is 0 Å². The number of nitrogens with two attached hydrogens (primary N) is 1. The molecule has 0 bridgehead atoms. The highest BCUT2D eigenvalue weighted by Crippen LogP contribution is 2.21. The second-order valence-corrected chi connectivity index (χ2v) is 4.42. The summed E-state index contributed by atoms with van der Waals surface area (Å²) in [5, 5.41) is 8.83. The van der Waals surface area contributed by atoms with E-state index < -0.39 is 17.7 Å². The lowest BCUT2D eigenvalue weighted by Crippen LogP contribution is -2.27. The molecule has 5 nitrogen and oxygen atoms in total. The van der Waals surface area contributed by atoms with Gasteiger partial charge >= 0.3 is 5.97 Å². The first-order valence-corrected chi connectivity index (χ1v) is 6.07. The number of nitrogens with zero attached hydrogens (tertiary/aromatic N) is 1. The number of para-hydroxylation sites is 1. The number of carboxylic acid groups (broad SMARTS) is 1. The molecule has 0 spiro atoms. The molecule has 0 aliphatic heterocycles. The molecule has 2 rings (SSSR count). The van der Waals surface area contributed by atoms with Crippen LogP contribution >= 0.6 is 0 Å². The van der Waals surface area contributed by atoms with Crippen molar-refractivity contribution in [3.63, 3.8) is 0 Å². The van der Waals surface area contributed by atoms with Crippen molar-refractivity contribution >= 4 is 23.3 Å². The maximum Gasteiger partial charge on any atom is 0.335 e. The Morgan fingerprint density at radius 3 is 2.33 bits per heavy atom. The molecular weight excluding hydrogens is 275 g/mol. The van der Waals surface area contributed by atoms with Crippen LogP contribution < -0.4 is 10.6 Å². The van der Waals surface area contributed by atoms with E-state index in [-0.39, 0.29) is 16.8 Å². The first kappa shape index (κ1) is 14.5. The molecule has 1 amide bonds. The Bertz CT molecular complexity index is 699. The van der Waals surface area contributed by atoms with Gasteiger partial charge in [-0.05, 0) is 36.4 Å². The Morgan fingerprint density at radius 2 is 1.76 bits per heavy atom. The van der Waals surface area contributed by atoms with Crippen LogP contribution in [-0.2, 0) is 0 Å². The largest absolute Gasteiger partial charge is 0.478 e. The van der Waals surface area contributed by atoms with Crippen LogP contribution in [0.25, 0.3) is 0 Å². The van der Waals surface area contributed by atoms with Crippen LogP contribution in [0, 0.1) is 5.82 Å². The van der Waals surface area contributed by atoms with Crippen molar-refractivity contribution in [2.24, 2.45) is 0 Å². The fourth-order valence-electron chi connectivity index (χ4n) is 1.85. The maximum atomic E-state index is 13.4. The number of rotatable bonds is 3. The molecule has 0 fully saturated rings. The minimum absolute atomic E-state index is 0.0554. The lowest BCUT2D eigenvalue weighted by Gasteiger charge is -2.18. The number of halogens is 1. The first-order valence-electron chi connectivity index (χ1n) is 6.07. The van der Waals surface area contributed by atoms with Crippen molar-refractivity contribution in [3.05, 3.63) is 59.4 Å². The summed E-state index contributed by atoms with van der Waals surface area (Å²) in [5.74, 6) is -2.18. The number of aromatic carboxylic acids is 1. The third-order valence-corrected chi connectivity index (χ3v) is 3.09. The third kappa shape index (κ3) is 2.84. The summed E-state index contributed by atoms with van der Waals surface area (Å²) in [7, 11) is 1.50. The Hall–Kier alpha value is -2.89. The highest BCUT2D eigenvalue weighted by Gasteiger charge is 2.18. The average Bonchev–Trinajstić information content (AvgIpc) is 2.48.